The summed E-state index contributed by atoms with van der Waals surface area (Å²) in [5.74, 6) is 0. The van der Waals surface area contributed by atoms with Gasteiger partial charge in [0.05, 0.1) is 0 Å². The van der Waals surface area contributed by atoms with Crippen molar-refractivity contribution in [1.29, 1.82) is 0 Å². The zero-order valence-electron chi connectivity index (χ0n) is 2.98. The molecule has 0 radical (unpaired) electrons. The molecule has 0 atom stereocenters. The summed E-state index contributed by atoms with van der Waals surface area (Å²) >= 11 is 0. The van der Waals surface area contributed by atoms with Crippen molar-refractivity contribution >= 4 is 54.8 Å². The molecule has 0 amide bonds. The topological polar surface area (TPSA) is 60.7 Å². The second-order valence-corrected chi connectivity index (χ2v) is 0.346. The van der Waals surface area contributed by atoms with Crippen LogP contribution in [0.1, 0.15) is 0 Å². The van der Waals surface area contributed by atoms with Crippen LogP contribution >= 0.6 is 0 Å². The normalized spacial score (nSPS) is 3.86. The Balaban J connectivity index is -0.0000000150. The summed E-state index contributed by atoms with van der Waals surface area (Å²) in [6, 6.07) is 0. The standard InChI is InChI=1S/BH3O3.Fe.Mg.Sb.5H/c2-1(3)4;;;;;;;;/h2-4H;;;;;;;;. The Morgan fingerprint density at radius 2 is 1.00 bits per heavy atom. The molecule has 0 spiro atoms. The van der Waals surface area contributed by atoms with Gasteiger partial charge >= 0.3 is 54.8 Å². The third-order valence-electron chi connectivity index (χ3n) is 0. The van der Waals surface area contributed by atoms with Gasteiger partial charge in [0.25, 0.3) is 0 Å². The molecular formula is H8BFeMgO3Sb. The van der Waals surface area contributed by atoms with Gasteiger partial charge in [-0.25, -0.2) is 0 Å². The first-order valence-corrected chi connectivity index (χ1v) is 0.775. The monoisotopic (exact) mass is 268 g/mol. The maximum atomic E-state index is 7.17. The number of rotatable bonds is 0. The van der Waals surface area contributed by atoms with E-state index in [1.54, 1.807) is 0 Å². The molecule has 0 rings (SSSR count). The molecular weight excluding hydrogens is 261 g/mol. The van der Waals surface area contributed by atoms with Gasteiger partial charge in [-0.15, -0.1) is 0 Å². The second kappa shape index (κ2) is 15.7. The minimum atomic E-state index is -2.17. The van der Waals surface area contributed by atoms with Crippen LogP contribution in [0.4, 0.5) is 0 Å². The molecule has 7 heteroatoms. The molecule has 0 aliphatic carbocycles. The minimum absolute atomic E-state index is 0. The van der Waals surface area contributed by atoms with Gasteiger partial charge in [-0.3, -0.25) is 0 Å². The van der Waals surface area contributed by atoms with E-state index in [0.717, 1.165) is 0 Å². The maximum absolute atomic E-state index is 7.17. The van der Waals surface area contributed by atoms with E-state index in [9.17, 15) is 0 Å². The van der Waals surface area contributed by atoms with Gasteiger partial charge in [-0.1, -0.05) is 0 Å². The van der Waals surface area contributed by atoms with Crippen LogP contribution < -0.4 is 0 Å². The predicted octanol–water partition coefficient (Wildman–Crippen LogP) is -4.15. The predicted molar refractivity (Wildman–Crippen MR) is 30.9 cm³/mol. The van der Waals surface area contributed by atoms with E-state index in [4.69, 9.17) is 15.1 Å². The zero-order valence-corrected chi connectivity index (χ0v) is 8.12. The van der Waals surface area contributed by atoms with Crippen LogP contribution in [0.5, 0.6) is 0 Å². The molecule has 0 aromatic rings. The summed E-state index contributed by atoms with van der Waals surface area (Å²) in [7, 11) is -2.17. The van der Waals surface area contributed by atoms with Gasteiger partial charge in [0, 0.05) is 17.1 Å². The van der Waals surface area contributed by atoms with E-state index in [0.29, 0.717) is 0 Å². The van der Waals surface area contributed by atoms with Crippen molar-refractivity contribution in [3.8, 4) is 0 Å². The van der Waals surface area contributed by atoms with Crippen LogP contribution in [0.15, 0.2) is 0 Å². The molecule has 0 saturated heterocycles. The van der Waals surface area contributed by atoms with E-state index >= 15 is 0 Å². The van der Waals surface area contributed by atoms with E-state index < -0.39 is 7.32 Å². The molecule has 0 unspecified atom stereocenters. The Labute approximate surface area is 86.1 Å². The van der Waals surface area contributed by atoms with Crippen LogP contribution in [-0.4, -0.2) is 69.9 Å². The van der Waals surface area contributed by atoms with Gasteiger partial charge in [0.1, 0.15) is 0 Å². The summed E-state index contributed by atoms with van der Waals surface area (Å²) < 4.78 is 0. The Morgan fingerprint density at radius 1 is 1.00 bits per heavy atom. The molecule has 0 heterocycles. The number of hydrogen-bond acceptors (Lipinski definition) is 3. The van der Waals surface area contributed by atoms with Crippen molar-refractivity contribution < 1.29 is 32.1 Å². The SMILES string of the molecule is OB(O)O.[Fe].[MgH2].[SbH3]. The van der Waals surface area contributed by atoms with Crippen molar-refractivity contribution in [2.45, 2.75) is 0 Å². The van der Waals surface area contributed by atoms with Crippen molar-refractivity contribution in [3.63, 3.8) is 0 Å². The van der Waals surface area contributed by atoms with Crippen molar-refractivity contribution in [2.24, 2.45) is 0 Å². The van der Waals surface area contributed by atoms with E-state index in [-0.39, 0.29) is 64.5 Å². The Bertz CT molecular complexity index is 19.7. The van der Waals surface area contributed by atoms with Crippen LogP contribution in [0.25, 0.3) is 0 Å². The average Bonchev–Trinajstić information content (AvgIpc) is 0.811. The van der Waals surface area contributed by atoms with Crippen molar-refractivity contribution in [1.82, 2.24) is 0 Å². The van der Waals surface area contributed by atoms with Gasteiger partial charge in [0.2, 0.25) is 0 Å². The number of hydrogen-bond donors (Lipinski definition) is 3. The Kier molecular flexibility index (Phi) is 51.5. The molecule has 0 saturated carbocycles. The quantitative estimate of drug-likeness (QED) is 0.391. The molecule has 0 aliphatic rings. The molecule has 44 valence electrons. The first-order chi connectivity index (χ1) is 1.73. The third kappa shape index (κ3) is 70.2. The fourth-order valence-corrected chi connectivity index (χ4v) is 0. The van der Waals surface area contributed by atoms with E-state index in [1.165, 1.54) is 0 Å². The molecule has 0 aromatic carbocycles. The molecule has 0 bridgehead atoms. The summed E-state index contributed by atoms with van der Waals surface area (Å²) in [5.41, 5.74) is 0. The fourth-order valence-electron chi connectivity index (χ4n) is 0. The van der Waals surface area contributed by atoms with E-state index in [1.807, 2.05) is 0 Å². The summed E-state index contributed by atoms with van der Waals surface area (Å²) in [5, 5.41) is 21.5. The van der Waals surface area contributed by atoms with Crippen LogP contribution in [0.2, 0.25) is 0 Å². The molecule has 0 aliphatic heterocycles. The zero-order chi connectivity index (χ0) is 3.58. The van der Waals surface area contributed by atoms with Gasteiger partial charge in [-0.05, 0) is 0 Å². The summed E-state index contributed by atoms with van der Waals surface area (Å²) in [6.07, 6.45) is 0. The first-order valence-electron chi connectivity index (χ1n) is 0.775. The van der Waals surface area contributed by atoms with E-state index in [2.05, 4.69) is 0 Å². The Hall–Kier alpha value is 2.05. The molecule has 0 aromatic heterocycles. The van der Waals surface area contributed by atoms with Crippen LogP contribution in [-0.2, 0) is 17.1 Å². The molecule has 0 fully saturated rings. The van der Waals surface area contributed by atoms with Crippen LogP contribution in [0, 0.1) is 0 Å². The molecule has 3 nitrogen and oxygen atoms in total. The van der Waals surface area contributed by atoms with Crippen molar-refractivity contribution in [3.05, 3.63) is 0 Å². The van der Waals surface area contributed by atoms with Crippen molar-refractivity contribution in [2.75, 3.05) is 0 Å². The van der Waals surface area contributed by atoms with Gasteiger partial charge < -0.3 is 15.1 Å². The second-order valence-electron chi connectivity index (χ2n) is 0.346. The average molecular weight is 269 g/mol. The van der Waals surface area contributed by atoms with Crippen LogP contribution in [0.3, 0.4) is 0 Å². The van der Waals surface area contributed by atoms with Gasteiger partial charge in [0.15, 0.2) is 0 Å². The first kappa shape index (κ1) is 23.0. The Morgan fingerprint density at radius 3 is 1.00 bits per heavy atom. The summed E-state index contributed by atoms with van der Waals surface area (Å²) in [4.78, 5) is 0. The molecule has 7 heavy (non-hydrogen) atoms. The molecule has 3 N–H and O–H groups in total. The van der Waals surface area contributed by atoms with Gasteiger partial charge in [-0.2, -0.15) is 0 Å². The summed E-state index contributed by atoms with van der Waals surface area (Å²) in [6.45, 7) is 0. The fraction of sp³-hybridized carbons (Fsp3) is 0. The third-order valence-corrected chi connectivity index (χ3v) is 0.